The van der Waals surface area contributed by atoms with E-state index < -0.39 is 11.9 Å². The van der Waals surface area contributed by atoms with Gasteiger partial charge in [0.25, 0.3) is 0 Å². The number of carbonyl (C=O) groups excluding carboxylic acids is 1. The van der Waals surface area contributed by atoms with E-state index in [4.69, 9.17) is 17.3 Å². The van der Waals surface area contributed by atoms with Crippen molar-refractivity contribution in [3.05, 3.63) is 63.1 Å². The molecule has 1 amide bonds. The van der Waals surface area contributed by atoms with Gasteiger partial charge in [0.1, 0.15) is 6.04 Å². The van der Waals surface area contributed by atoms with Gasteiger partial charge in [-0.1, -0.05) is 51.8 Å². The molecular weight excluding hydrogens is 340 g/mol. The summed E-state index contributed by atoms with van der Waals surface area (Å²) in [7, 11) is 0. The molecule has 1 atom stereocenters. The van der Waals surface area contributed by atoms with Crippen LogP contribution in [0.4, 0.5) is 5.69 Å². The van der Waals surface area contributed by atoms with Crippen molar-refractivity contribution in [2.45, 2.75) is 13.0 Å². The van der Waals surface area contributed by atoms with Crippen molar-refractivity contribution in [2.75, 3.05) is 5.32 Å². The van der Waals surface area contributed by atoms with Crippen LogP contribution in [0.1, 0.15) is 17.2 Å². The molecule has 0 aliphatic rings. The van der Waals surface area contributed by atoms with E-state index >= 15 is 0 Å². The average molecular weight is 354 g/mol. The van der Waals surface area contributed by atoms with Crippen molar-refractivity contribution in [3.63, 3.8) is 0 Å². The lowest BCUT2D eigenvalue weighted by Crippen LogP contribution is -2.27. The number of nitrogens with two attached hydrogens (primary N) is 1. The molecule has 0 fully saturated rings. The smallest absolute Gasteiger partial charge is 0.244 e. The highest BCUT2D eigenvalue weighted by atomic mass is 79.9. The van der Waals surface area contributed by atoms with Crippen LogP contribution < -0.4 is 11.1 Å². The summed E-state index contributed by atoms with van der Waals surface area (Å²) in [5.41, 5.74) is 8.02. The monoisotopic (exact) mass is 352 g/mol. The second kappa shape index (κ2) is 6.29. The van der Waals surface area contributed by atoms with Crippen molar-refractivity contribution in [1.29, 1.82) is 0 Å². The molecule has 3 nitrogen and oxygen atoms in total. The van der Waals surface area contributed by atoms with Crippen LogP contribution in [0.5, 0.6) is 0 Å². The van der Waals surface area contributed by atoms with Gasteiger partial charge in [-0.15, -0.1) is 0 Å². The van der Waals surface area contributed by atoms with Crippen LogP contribution in [0.2, 0.25) is 5.02 Å². The van der Waals surface area contributed by atoms with E-state index in [0.29, 0.717) is 10.7 Å². The molecule has 2 rings (SSSR count). The second-order valence-electron chi connectivity index (χ2n) is 4.47. The highest BCUT2D eigenvalue weighted by Gasteiger charge is 2.19. The molecule has 20 heavy (non-hydrogen) atoms. The maximum atomic E-state index is 11.7. The van der Waals surface area contributed by atoms with Crippen molar-refractivity contribution < 1.29 is 4.79 Å². The summed E-state index contributed by atoms with van der Waals surface area (Å²) in [6.45, 7) is 1.96. The summed E-state index contributed by atoms with van der Waals surface area (Å²) >= 11 is 9.53. The topological polar surface area (TPSA) is 55.1 Å². The Bertz CT molecular complexity index is 646. The van der Waals surface area contributed by atoms with Crippen LogP contribution in [-0.2, 0) is 4.79 Å². The van der Waals surface area contributed by atoms with E-state index in [1.54, 1.807) is 6.07 Å². The summed E-state index contributed by atoms with van der Waals surface area (Å²) in [4.78, 5) is 11.7. The molecular formula is C15H14BrClN2O. The average Bonchev–Trinajstić information content (AvgIpc) is 2.41. The summed E-state index contributed by atoms with van der Waals surface area (Å²) in [5.74, 6) is -0.452. The molecule has 3 N–H and O–H groups in total. The lowest BCUT2D eigenvalue weighted by molar-refractivity contribution is -0.118. The van der Waals surface area contributed by atoms with Crippen LogP contribution in [0.15, 0.2) is 46.9 Å². The molecule has 0 spiro atoms. The Kier molecular flexibility index (Phi) is 4.68. The SMILES string of the molecule is Cc1cc(C(Nc2ccccc2Cl)C(N)=O)ccc1Br. The van der Waals surface area contributed by atoms with Gasteiger partial charge < -0.3 is 11.1 Å². The van der Waals surface area contributed by atoms with E-state index in [0.717, 1.165) is 15.6 Å². The minimum atomic E-state index is -0.623. The van der Waals surface area contributed by atoms with Gasteiger partial charge in [0.05, 0.1) is 10.7 Å². The number of anilines is 1. The van der Waals surface area contributed by atoms with E-state index in [9.17, 15) is 4.79 Å². The lowest BCUT2D eigenvalue weighted by atomic mass is 10.0. The van der Waals surface area contributed by atoms with E-state index in [1.165, 1.54) is 0 Å². The van der Waals surface area contributed by atoms with Crippen molar-refractivity contribution >= 4 is 39.1 Å². The van der Waals surface area contributed by atoms with E-state index in [-0.39, 0.29) is 0 Å². The van der Waals surface area contributed by atoms with Crippen molar-refractivity contribution in [2.24, 2.45) is 5.73 Å². The first-order chi connectivity index (χ1) is 9.49. The Morgan fingerprint density at radius 3 is 2.60 bits per heavy atom. The van der Waals surface area contributed by atoms with Crippen LogP contribution >= 0.6 is 27.5 Å². The van der Waals surface area contributed by atoms with Crippen LogP contribution in [0, 0.1) is 6.92 Å². The fraction of sp³-hybridized carbons (Fsp3) is 0.133. The molecule has 0 heterocycles. The summed E-state index contributed by atoms with van der Waals surface area (Å²) in [6, 6.07) is 12.3. The minimum Gasteiger partial charge on any atom is -0.369 e. The summed E-state index contributed by atoms with van der Waals surface area (Å²) < 4.78 is 0.988. The van der Waals surface area contributed by atoms with Gasteiger partial charge in [0, 0.05) is 4.47 Å². The van der Waals surface area contributed by atoms with Crippen molar-refractivity contribution in [1.82, 2.24) is 0 Å². The molecule has 104 valence electrons. The fourth-order valence-corrected chi connectivity index (χ4v) is 2.34. The quantitative estimate of drug-likeness (QED) is 0.871. The normalized spacial score (nSPS) is 11.9. The van der Waals surface area contributed by atoms with Gasteiger partial charge in [0.15, 0.2) is 0 Å². The molecule has 2 aromatic rings. The molecule has 1 unspecified atom stereocenters. The predicted octanol–water partition coefficient (Wildman–Crippen LogP) is 4.05. The van der Waals surface area contributed by atoms with Crippen molar-refractivity contribution in [3.8, 4) is 0 Å². The number of rotatable bonds is 4. The molecule has 0 aliphatic heterocycles. The number of hydrogen-bond acceptors (Lipinski definition) is 2. The number of carbonyl (C=O) groups is 1. The van der Waals surface area contributed by atoms with Gasteiger partial charge in [0.2, 0.25) is 5.91 Å². The third-order valence-corrected chi connectivity index (χ3v) is 4.19. The number of aryl methyl sites for hydroxylation is 1. The first-order valence-corrected chi connectivity index (χ1v) is 7.22. The highest BCUT2D eigenvalue weighted by Crippen LogP contribution is 2.27. The Balaban J connectivity index is 2.34. The van der Waals surface area contributed by atoms with Gasteiger partial charge in [-0.3, -0.25) is 4.79 Å². The maximum absolute atomic E-state index is 11.7. The number of primary amides is 1. The van der Waals surface area contributed by atoms with Gasteiger partial charge in [-0.2, -0.15) is 0 Å². The Morgan fingerprint density at radius 2 is 2.00 bits per heavy atom. The Labute approximate surface area is 131 Å². The first kappa shape index (κ1) is 14.9. The fourth-order valence-electron chi connectivity index (χ4n) is 1.90. The molecule has 0 aliphatic carbocycles. The minimum absolute atomic E-state index is 0.452. The first-order valence-electron chi connectivity index (χ1n) is 6.05. The third kappa shape index (κ3) is 3.32. The molecule has 0 aromatic heterocycles. The molecule has 0 saturated heterocycles. The number of nitrogens with one attached hydrogen (secondary N) is 1. The standard InChI is InChI=1S/C15H14BrClN2O/c1-9-8-10(6-7-11(9)16)14(15(18)20)19-13-5-3-2-4-12(13)17/h2-8,14,19H,1H3,(H2,18,20). The van der Waals surface area contributed by atoms with E-state index in [2.05, 4.69) is 21.2 Å². The molecule has 0 bridgehead atoms. The summed E-state index contributed by atoms with van der Waals surface area (Å²) in [6.07, 6.45) is 0. The molecule has 2 aromatic carbocycles. The van der Waals surface area contributed by atoms with Gasteiger partial charge in [-0.05, 0) is 36.2 Å². The zero-order valence-electron chi connectivity index (χ0n) is 10.9. The zero-order chi connectivity index (χ0) is 14.7. The van der Waals surface area contributed by atoms with Gasteiger partial charge >= 0.3 is 0 Å². The van der Waals surface area contributed by atoms with Crippen LogP contribution in [0.25, 0.3) is 0 Å². The number of para-hydroxylation sites is 1. The number of halogens is 2. The lowest BCUT2D eigenvalue weighted by Gasteiger charge is -2.18. The third-order valence-electron chi connectivity index (χ3n) is 2.97. The molecule has 5 heteroatoms. The predicted molar refractivity (Wildman–Crippen MR) is 85.9 cm³/mol. The highest BCUT2D eigenvalue weighted by molar-refractivity contribution is 9.10. The van der Waals surface area contributed by atoms with Crippen LogP contribution in [-0.4, -0.2) is 5.91 Å². The Hall–Kier alpha value is -1.52. The largest absolute Gasteiger partial charge is 0.369 e. The Morgan fingerprint density at radius 1 is 1.30 bits per heavy atom. The number of amides is 1. The number of benzene rings is 2. The summed E-state index contributed by atoms with van der Waals surface area (Å²) in [5, 5.41) is 3.64. The van der Waals surface area contributed by atoms with E-state index in [1.807, 2.05) is 43.3 Å². The maximum Gasteiger partial charge on any atom is 0.244 e. The van der Waals surface area contributed by atoms with Gasteiger partial charge in [-0.25, -0.2) is 0 Å². The molecule has 0 radical (unpaired) electrons. The second-order valence-corrected chi connectivity index (χ2v) is 5.73. The number of hydrogen-bond donors (Lipinski definition) is 2. The zero-order valence-corrected chi connectivity index (χ0v) is 13.2. The van der Waals surface area contributed by atoms with Crippen LogP contribution in [0.3, 0.4) is 0 Å². The molecule has 0 saturated carbocycles.